The lowest BCUT2D eigenvalue weighted by Gasteiger charge is -2.41. The van der Waals surface area contributed by atoms with Gasteiger partial charge in [-0.15, -0.1) is 0 Å². The van der Waals surface area contributed by atoms with Gasteiger partial charge in [0, 0.05) is 17.3 Å². The van der Waals surface area contributed by atoms with Gasteiger partial charge in [-0.05, 0) is 25.3 Å². The average Bonchev–Trinajstić information content (AvgIpc) is 2.12. The van der Waals surface area contributed by atoms with Crippen molar-refractivity contribution >= 4 is 5.97 Å². The molecular formula is C11H14N2O2. The van der Waals surface area contributed by atoms with Gasteiger partial charge < -0.3 is 5.11 Å². The fraction of sp³-hybridized carbons (Fsp3) is 0.545. The predicted octanol–water partition coefficient (Wildman–Crippen LogP) is 1.68. The number of aryl methyl sites for hydroxylation is 1. The fourth-order valence-electron chi connectivity index (χ4n) is 2.35. The lowest BCUT2D eigenvalue weighted by molar-refractivity contribution is -0.139. The van der Waals surface area contributed by atoms with Crippen LogP contribution in [0.3, 0.4) is 0 Å². The predicted molar refractivity (Wildman–Crippen MR) is 54.6 cm³/mol. The minimum Gasteiger partial charge on any atom is -0.481 e. The third kappa shape index (κ3) is 1.71. The smallest absolute Gasteiger partial charge is 0.304 e. The zero-order valence-corrected chi connectivity index (χ0v) is 8.73. The molecule has 1 aliphatic carbocycles. The van der Waals surface area contributed by atoms with Gasteiger partial charge in [0.15, 0.2) is 0 Å². The molecule has 0 bridgehead atoms. The summed E-state index contributed by atoms with van der Waals surface area (Å²) in [5.74, 6) is -0.738. The van der Waals surface area contributed by atoms with Crippen LogP contribution in [-0.4, -0.2) is 21.0 Å². The van der Waals surface area contributed by atoms with E-state index in [2.05, 4.69) is 9.97 Å². The summed E-state index contributed by atoms with van der Waals surface area (Å²) < 4.78 is 0. The van der Waals surface area contributed by atoms with Gasteiger partial charge in [-0.2, -0.15) is 0 Å². The van der Waals surface area contributed by atoms with E-state index in [4.69, 9.17) is 5.11 Å². The maximum Gasteiger partial charge on any atom is 0.304 e. The second kappa shape index (κ2) is 3.61. The van der Waals surface area contributed by atoms with Crippen LogP contribution >= 0.6 is 0 Å². The van der Waals surface area contributed by atoms with Gasteiger partial charge in [0.25, 0.3) is 0 Å². The van der Waals surface area contributed by atoms with Crippen LogP contribution in [-0.2, 0) is 10.2 Å². The highest BCUT2D eigenvalue weighted by Crippen LogP contribution is 2.46. The number of hydrogen-bond acceptors (Lipinski definition) is 3. The molecule has 0 amide bonds. The lowest BCUT2D eigenvalue weighted by atomic mass is 9.62. The van der Waals surface area contributed by atoms with Crippen LogP contribution in [0.5, 0.6) is 0 Å². The molecule has 1 saturated carbocycles. The number of aliphatic carboxylic acids is 1. The standard InChI is InChI=1S/C11H14N2O2/c1-8-9(6-12-7-13-8)11(3-2-4-11)5-10(14)15/h6-7H,2-5H2,1H3,(H,14,15). The van der Waals surface area contributed by atoms with Crippen molar-refractivity contribution in [1.82, 2.24) is 9.97 Å². The molecule has 1 N–H and O–H groups in total. The Balaban J connectivity index is 2.34. The van der Waals surface area contributed by atoms with Crippen molar-refractivity contribution < 1.29 is 9.90 Å². The van der Waals surface area contributed by atoms with Gasteiger partial charge in [0.1, 0.15) is 6.33 Å². The number of aromatic nitrogens is 2. The van der Waals surface area contributed by atoms with Crippen molar-refractivity contribution in [3.63, 3.8) is 0 Å². The molecule has 4 nitrogen and oxygen atoms in total. The van der Waals surface area contributed by atoms with Crippen LogP contribution in [0.15, 0.2) is 12.5 Å². The topological polar surface area (TPSA) is 63.1 Å². The molecule has 1 aromatic heterocycles. The molecule has 2 rings (SSSR count). The van der Waals surface area contributed by atoms with Crippen molar-refractivity contribution in [2.75, 3.05) is 0 Å². The van der Waals surface area contributed by atoms with Crippen LogP contribution in [0.25, 0.3) is 0 Å². The zero-order chi connectivity index (χ0) is 10.9. The molecule has 80 valence electrons. The normalized spacial score (nSPS) is 18.2. The SMILES string of the molecule is Cc1ncncc1C1(CC(=O)O)CCC1. The first-order chi connectivity index (χ1) is 7.14. The summed E-state index contributed by atoms with van der Waals surface area (Å²) in [6.45, 7) is 1.92. The van der Waals surface area contributed by atoms with E-state index in [0.717, 1.165) is 30.5 Å². The molecule has 0 saturated heterocycles. The van der Waals surface area contributed by atoms with E-state index >= 15 is 0 Å². The van der Waals surface area contributed by atoms with Gasteiger partial charge in [0.2, 0.25) is 0 Å². The number of nitrogens with zero attached hydrogens (tertiary/aromatic N) is 2. The van der Waals surface area contributed by atoms with Gasteiger partial charge in [-0.25, -0.2) is 9.97 Å². The van der Waals surface area contributed by atoms with Crippen molar-refractivity contribution in [2.45, 2.75) is 38.0 Å². The molecule has 1 heterocycles. The van der Waals surface area contributed by atoms with Crippen LogP contribution in [0.1, 0.15) is 36.9 Å². The van der Waals surface area contributed by atoms with Crippen LogP contribution in [0.4, 0.5) is 0 Å². The Labute approximate surface area is 88.4 Å². The summed E-state index contributed by atoms with van der Waals surface area (Å²) in [4.78, 5) is 19.0. The maximum absolute atomic E-state index is 10.9. The molecule has 0 radical (unpaired) electrons. The Morgan fingerprint density at radius 3 is 2.80 bits per heavy atom. The van der Waals surface area contributed by atoms with Crippen LogP contribution < -0.4 is 0 Å². The van der Waals surface area contributed by atoms with E-state index in [-0.39, 0.29) is 11.8 Å². The maximum atomic E-state index is 10.9. The fourth-order valence-corrected chi connectivity index (χ4v) is 2.35. The summed E-state index contributed by atoms with van der Waals surface area (Å²) >= 11 is 0. The van der Waals surface area contributed by atoms with E-state index in [1.165, 1.54) is 6.33 Å². The largest absolute Gasteiger partial charge is 0.481 e. The summed E-state index contributed by atoms with van der Waals surface area (Å²) in [6.07, 6.45) is 6.44. The monoisotopic (exact) mass is 206 g/mol. The van der Waals surface area contributed by atoms with Gasteiger partial charge in [-0.3, -0.25) is 4.79 Å². The first-order valence-corrected chi connectivity index (χ1v) is 5.13. The highest BCUT2D eigenvalue weighted by molar-refractivity contribution is 5.69. The zero-order valence-electron chi connectivity index (χ0n) is 8.73. The van der Waals surface area contributed by atoms with Crippen molar-refractivity contribution in [3.8, 4) is 0 Å². The first kappa shape index (κ1) is 10.1. The second-order valence-electron chi connectivity index (χ2n) is 4.23. The summed E-state index contributed by atoms with van der Waals surface area (Å²) in [5, 5.41) is 8.93. The summed E-state index contributed by atoms with van der Waals surface area (Å²) in [5.41, 5.74) is 1.72. The highest BCUT2D eigenvalue weighted by Gasteiger charge is 2.41. The number of hydrogen-bond donors (Lipinski definition) is 1. The Kier molecular flexibility index (Phi) is 2.42. The first-order valence-electron chi connectivity index (χ1n) is 5.13. The lowest BCUT2D eigenvalue weighted by Crippen LogP contribution is -2.37. The summed E-state index contributed by atoms with van der Waals surface area (Å²) in [7, 11) is 0. The van der Waals surface area contributed by atoms with Gasteiger partial charge >= 0.3 is 5.97 Å². The minimum atomic E-state index is -0.738. The van der Waals surface area contributed by atoms with Crippen molar-refractivity contribution in [1.29, 1.82) is 0 Å². The number of carboxylic acid groups (broad SMARTS) is 1. The number of carbonyl (C=O) groups is 1. The molecule has 1 fully saturated rings. The van der Waals surface area contributed by atoms with Crippen LogP contribution in [0.2, 0.25) is 0 Å². The Morgan fingerprint density at radius 1 is 1.60 bits per heavy atom. The van der Waals surface area contributed by atoms with Crippen molar-refractivity contribution in [3.05, 3.63) is 23.8 Å². The molecule has 0 atom stereocenters. The third-order valence-corrected chi connectivity index (χ3v) is 3.28. The van der Waals surface area contributed by atoms with Gasteiger partial charge in [0.05, 0.1) is 6.42 Å². The molecule has 0 unspecified atom stereocenters. The Hall–Kier alpha value is -1.45. The van der Waals surface area contributed by atoms with E-state index < -0.39 is 5.97 Å². The van der Waals surface area contributed by atoms with E-state index in [1.807, 2.05) is 6.92 Å². The molecule has 4 heteroatoms. The molecular weight excluding hydrogens is 192 g/mol. The molecule has 15 heavy (non-hydrogen) atoms. The Bertz CT molecular complexity index is 386. The van der Waals surface area contributed by atoms with Crippen LogP contribution in [0, 0.1) is 6.92 Å². The molecule has 1 aliphatic rings. The van der Waals surface area contributed by atoms with E-state index in [0.29, 0.717) is 0 Å². The Morgan fingerprint density at radius 2 is 2.33 bits per heavy atom. The molecule has 0 spiro atoms. The molecule has 1 aromatic rings. The number of carboxylic acids is 1. The van der Waals surface area contributed by atoms with Crippen molar-refractivity contribution in [2.24, 2.45) is 0 Å². The quantitative estimate of drug-likeness (QED) is 0.817. The molecule has 0 aliphatic heterocycles. The van der Waals surface area contributed by atoms with E-state index in [9.17, 15) is 4.79 Å². The highest BCUT2D eigenvalue weighted by atomic mass is 16.4. The third-order valence-electron chi connectivity index (χ3n) is 3.28. The minimum absolute atomic E-state index is 0.196. The summed E-state index contributed by atoms with van der Waals surface area (Å²) in [6, 6.07) is 0. The number of rotatable bonds is 3. The van der Waals surface area contributed by atoms with E-state index in [1.54, 1.807) is 6.20 Å². The average molecular weight is 206 g/mol. The molecule has 0 aromatic carbocycles. The second-order valence-corrected chi connectivity index (χ2v) is 4.23. The van der Waals surface area contributed by atoms with Gasteiger partial charge in [-0.1, -0.05) is 6.42 Å².